The van der Waals surface area contributed by atoms with Crippen molar-refractivity contribution in [2.24, 2.45) is 0 Å². The zero-order valence-electron chi connectivity index (χ0n) is 14.4. The topological polar surface area (TPSA) is 56.1 Å². The minimum absolute atomic E-state index is 0.158. The number of benzene rings is 1. The van der Waals surface area contributed by atoms with Crippen molar-refractivity contribution in [3.63, 3.8) is 0 Å². The molecule has 1 aliphatic rings. The number of nitrogens with one attached hydrogen (secondary N) is 1. The molecule has 1 fully saturated rings. The van der Waals surface area contributed by atoms with Crippen LogP contribution in [0.5, 0.6) is 0 Å². The van der Waals surface area contributed by atoms with E-state index in [1.54, 1.807) is 6.20 Å². The molecule has 4 heteroatoms. The number of hydrogen-bond acceptors (Lipinski definition) is 3. The molecule has 1 aromatic carbocycles. The van der Waals surface area contributed by atoms with Gasteiger partial charge in [0.15, 0.2) is 0 Å². The van der Waals surface area contributed by atoms with Crippen LogP contribution < -0.4 is 5.32 Å². The molecule has 1 amide bonds. The minimum atomic E-state index is -0.343. The molecule has 0 radical (unpaired) electrons. The van der Waals surface area contributed by atoms with E-state index < -0.39 is 0 Å². The van der Waals surface area contributed by atoms with Crippen molar-refractivity contribution in [1.29, 1.82) is 5.26 Å². The van der Waals surface area contributed by atoms with Crippen LogP contribution in [0.25, 0.3) is 0 Å². The highest BCUT2D eigenvalue weighted by Gasteiger charge is 2.23. The van der Waals surface area contributed by atoms with Crippen LogP contribution in [-0.4, -0.2) is 22.9 Å². The number of aryl methyl sites for hydroxylation is 2. The third-order valence-corrected chi connectivity index (χ3v) is 4.54. The number of piperidine rings is 1. The predicted molar refractivity (Wildman–Crippen MR) is 92.9 cm³/mol. The maximum atomic E-state index is 12.4. The van der Waals surface area contributed by atoms with E-state index in [1.807, 2.05) is 38.1 Å². The summed E-state index contributed by atoms with van der Waals surface area (Å²) in [5, 5.41) is 12.2. The van der Waals surface area contributed by atoms with Gasteiger partial charge >= 0.3 is 0 Å². The molecule has 0 aliphatic carbocycles. The van der Waals surface area contributed by atoms with Gasteiger partial charge < -0.3 is 10.2 Å². The third-order valence-electron chi connectivity index (χ3n) is 4.54. The van der Waals surface area contributed by atoms with Gasteiger partial charge in [-0.15, -0.1) is 0 Å². The van der Waals surface area contributed by atoms with E-state index in [1.165, 1.54) is 6.42 Å². The Morgan fingerprint density at radius 1 is 1.30 bits per heavy atom. The SMILES string of the molecule is Cc1ccc(NC(=O)/C(C#N)=C\N2C(C)CCCC2C)c(C)c1. The Morgan fingerprint density at radius 2 is 1.96 bits per heavy atom. The average Bonchev–Trinajstić information content (AvgIpc) is 2.50. The lowest BCUT2D eigenvalue weighted by Gasteiger charge is -2.38. The largest absolute Gasteiger partial charge is 0.371 e. The van der Waals surface area contributed by atoms with Crippen molar-refractivity contribution in [3.05, 3.63) is 41.1 Å². The van der Waals surface area contributed by atoms with Gasteiger partial charge in [0.1, 0.15) is 11.6 Å². The van der Waals surface area contributed by atoms with E-state index in [2.05, 4.69) is 24.1 Å². The van der Waals surface area contributed by atoms with Gasteiger partial charge in [-0.3, -0.25) is 4.79 Å². The van der Waals surface area contributed by atoms with Crippen molar-refractivity contribution < 1.29 is 4.79 Å². The predicted octanol–water partition coefficient (Wildman–Crippen LogP) is 3.91. The molecule has 0 bridgehead atoms. The zero-order valence-corrected chi connectivity index (χ0v) is 14.4. The van der Waals surface area contributed by atoms with Gasteiger partial charge in [-0.1, -0.05) is 17.7 Å². The summed E-state index contributed by atoms with van der Waals surface area (Å²) in [6, 6.07) is 8.61. The highest BCUT2D eigenvalue weighted by molar-refractivity contribution is 6.06. The van der Waals surface area contributed by atoms with E-state index in [0.717, 1.165) is 29.7 Å². The summed E-state index contributed by atoms with van der Waals surface area (Å²) in [4.78, 5) is 14.6. The lowest BCUT2D eigenvalue weighted by Crippen LogP contribution is -2.40. The fourth-order valence-electron chi connectivity index (χ4n) is 3.13. The Bertz CT molecular complexity index is 647. The number of carbonyl (C=O) groups excluding carboxylic acids is 1. The van der Waals surface area contributed by atoms with Gasteiger partial charge in [-0.2, -0.15) is 5.26 Å². The number of carbonyl (C=O) groups is 1. The fourth-order valence-corrected chi connectivity index (χ4v) is 3.13. The Hall–Kier alpha value is -2.28. The van der Waals surface area contributed by atoms with Gasteiger partial charge in [-0.05, 0) is 58.6 Å². The number of nitriles is 1. The van der Waals surface area contributed by atoms with E-state index in [9.17, 15) is 10.1 Å². The van der Waals surface area contributed by atoms with Gasteiger partial charge in [0.25, 0.3) is 5.91 Å². The summed E-state index contributed by atoms with van der Waals surface area (Å²) in [5.41, 5.74) is 3.05. The highest BCUT2D eigenvalue weighted by Crippen LogP contribution is 2.24. The van der Waals surface area contributed by atoms with Crippen LogP contribution >= 0.6 is 0 Å². The van der Waals surface area contributed by atoms with Crippen molar-refractivity contribution >= 4 is 11.6 Å². The lowest BCUT2D eigenvalue weighted by atomic mass is 9.98. The summed E-state index contributed by atoms with van der Waals surface area (Å²) >= 11 is 0. The standard InChI is InChI=1S/C19H25N3O/c1-13-8-9-18(14(2)10-13)21-19(23)17(11-20)12-22-15(3)6-5-7-16(22)4/h8-10,12,15-16H,5-7H2,1-4H3,(H,21,23)/b17-12-. The van der Waals surface area contributed by atoms with Crippen molar-refractivity contribution in [1.82, 2.24) is 4.90 Å². The first-order valence-corrected chi connectivity index (χ1v) is 8.20. The third kappa shape index (κ3) is 4.13. The van der Waals surface area contributed by atoms with Gasteiger partial charge in [0.2, 0.25) is 0 Å². The Balaban J connectivity index is 2.18. The second kappa shape index (κ2) is 7.32. The first-order chi connectivity index (χ1) is 10.9. The van der Waals surface area contributed by atoms with Gasteiger partial charge in [0, 0.05) is 24.0 Å². The Kier molecular flexibility index (Phi) is 5.44. The van der Waals surface area contributed by atoms with E-state index in [-0.39, 0.29) is 11.5 Å². The zero-order chi connectivity index (χ0) is 17.0. The Morgan fingerprint density at radius 3 is 2.52 bits per heavy atom. The number of hydrogen-bond donors (Lipinski definition) is 1. The molecule has 23 heavy (non-hydrogen) atoms. The molecule has 1 aromatic rings. The molecule has 4 nitrogen and oxygen atoms in total. The quantitative estimate of drug-likeness (QED) is 0.680. The molecule has 2 unspecified atom stereocenters. The first kappa shape index (κ1) is 17.1. The molecule has 0 saturated carbocycles. The van der Waals surface area contributed by atoms with E-state index in [0.29, 0.717) is 12.1 Å². The molecule has 1 saturated heterocycles. The van der Waals surface area contributed by atoms with Crippen LogP contribution in [-0.2, 0) is 4.79 Å². The molecule has 1 heterocycles. The monoisotopic (exact) mass is 311 g/mol. The van der Waals surface area contributed by atoms with Crippen LogP contribution in [0.4, 0.5) is 5.69 Å². The number of nitrogens with zero attached hydrogens (tertiary/aromatic N) is 2. The minimum Gasteiger partial charge on any atom is -0.371 e. The second-order valence-corrected chi connectivity index (χ2v) is 6.50. The fraction of sp³-hybridized carbons (Fsp3) is 0.474. The van der Waals surface area contributed by atoms with Crippen molar-refractivity contribution in [2.45, 2.75) is 59.0 Å². The summed E-state index contributed by atoms with van der Waals surface area (Å²) in [6.07, 6.45) is 5.12. The number of amides is 1. The van der Waals surface area contributed by atoms with E-state index >= 15 is 0 Å². The normalized spacial score (nSPS) is 21.7. The van der Waals surface area contributed by atoms with Crippen LogP contribution in [0, 0.1) is 25.2 Å². The van der Waals surface area contributed by atoms with Crippen molar-refractivity contribution in [3.8, 4) is 6.07 Å². The Labute approximate surface area is 138 Å². The molecular formula is C19H25N3O. The molecule has 2 atom stereocenters. The van der Waals surface area contributed by atoms with Gasteiger partial charge in [-0.25, -0.2) is 0 Å². The van der Waals surface area contributed by atoms with Gasteiger partial charge in [0.05, 0.1) is 0 Å². The summed E-state index contributed by atoms with van der Waals surface area (Å²) in [6.45, 7) is 8.25. The molecular weight excluding hydrogens is 286 g/mol. The van der Waals surface area contributed by atoms with E-state index in [4.69, 9.17) is 0 Å². The smallest absolute Gasteiger partial charge is 0.267 e. The molecule has 0 aromatic heterocycles. The molecule has 1 N–H and O–H groups in total. The van der Waals surface area contributed by atoms with Crippen LogP contribution in [0.1, 0.15) is 44.2 Å². The summed E-state index contributed by atoms with van der Waals surface area (Å²) in [7, 11) is 0. The average molecular weight is 311 g/mol. The number of rotatable bonds is 3. The molecule has 0 spiro atoms. The molecule has 2 rings (SSSR count). The van der Waals surface area contributed by atoms with Crippen LogP contribution in [0.2, 0.25) is 0 Å². The van der Waals surface area contributed by atoms with Crippen molar-refractivity contribution in [2.75, 3.05) is 5.32 Å². The second-order valence-electron chi connectivity index (χ2n) is 6.50. The summed E-state index contributed by atoms with van der Waals surface area (Å²) in [5.74, 6) is -0.343. The highest BCUT2D eigenvalue weighted by atomic mass is 16.1. The molecule has 122 valence electrons. The lowest BCUT2D eigenvalue weighted by molar-refractivity contribution is -0.112. The number of likely N-dealkylation sites (tertiary alicyclic amines) is 1. The number of anilines is 1. The maximum Gasteiger partial charge on any atom is 0.267 e. The molecule has 1 aliphatic heterocycles. The first-order valence-electron chi connectivity index (χ1n) is 8.20. The summed E-state index contributed by atoms with van der Waals surface area (Å²) < 4.78 is 0. The maximum absolute atomic E-state index is 12.4. The van der Waals surface area contributed by atoms with Crippen LogP contribution in [0.3, 0.4) is 0 Å². The van der Waals surface area contributed by atoms with Crippen LogP contribution in [0.15, 0.2) is 30.0 Å².